The number of amidine groups is 1. The van der Waals surface area contributed by atoms with E-state index in [0.29, 0.717) is 31.7 Å². The SMILES string of the molecule is CN[C@@H]1[C@H](N(C)C(N)=NC(=Nc2ccc3c(c2)CCOC3)C(=[NH2+])C(N)=O)CCCC1(F)F. The van der Waals surface area contributed by atoms with Gasteiger partial charge in [0.05, 0.1) is 31.0 Å². The van der Waals surface area contributed by atoms with Gasteiger partial charge >= 0.3 is 11.6 Å². The fraction of sp³-hybridized carbons (Fsp3) is 0.524. The molecule has 32 heavy (non-hydrogen) atoms. The number of ether oxygens (including phenoxy) is 1. The summed E-state index contributed by atoms with van der Waals surface area (Å²) < 4.78 is 34.2. The maximum Gasteiger partial charge on any atom is 0.317 e. The number of nitrogens with two attached hydrogens (primary N) is 3. The molecule has 0 aromatic heterocycles. The molecule has 0 radical (unpaired) electrons. The first-order valence-electron chi connectivity index (χ1n) is 10.5. The molecule has 0 unspecified atom stereocenters. The molecule has 0 bridgehead atoms. The first-order chi connectivity index (χ1) is 15.1. The minimum Gasteiger partial charge on any atom is -0.376 e. The van der Waals surface area contributed by atoms with Gasteiger partial charge in [0.2, 0.25) is 5.84 Å². The number of aliphatic imine (C=N–C) groups is 2. The second kappa shape index (κ2) is 9.70. The van der Waals surface area contributed by atoms with Crippen LogP contribution in [0.3, 0.4) is 0 Å². The second-order valence-corrected chi connectivity index (χ2v) is 8.04. The number of alkyl halides is 2. The van der Waals surface area contributed by atoms with Crippen molar-refractivity contribution in [2.45, 2.75) is 50.3 Å². The van der Waals surface area contributed by atoms with Crippen LogP contribution in [-0.2, 0) is 22.6 Å². The number of nitrogens with one attached hydrogen (secondary N) is 1. The molecular weight excluding hydrogens is 420 g/mol. The van der Waals surface area contributed by atoms with Gasteiger partial charge in [-0.25, -0.2) is 19.2 Å². The normalized spacial score (nSPS) is 23.4. The highest BCUT2D eigenvalue weighted by Crippen LogP contribution is 2.35. The average molecular weight is 451 g/mol. The Hall–Kier alpha value is -2.92. The molecule has 174 valence electrons. The van der Waals surface area contributed by atoms with Gasteiger partial charge in [-0.2, -0.15) is 4.99 Å². The Morgan fingerprint density at radius 3 is 2.78 bits per heavy atom. The molecule has 11 heteroatoms. The Labute approximate surface area is 185 Å². The molecule has 2 aliphatic rings. The number of primary amides is 1. The van der Waals surface area contributed by atoms with Crippen molar-refractivity contribution in [3.8, 4) is 0 Å². The van der Waals surface area contributed by atoms with Gasteiger partial charge in [0.15, 0.2) is 5.96 Å². The summed E-state index contributed by atoms with van der Waals surface area (Å²) in [6, 6.07) is 3.78. The summed E-state index contributed by atoms with van der Waals surface area (Å²) in [4.78, 5) is 21.8. The number of carbonyl (C=O) groups is 1. The van der Waals surface area contributed by atoms with Crippen LogP contribution in [0.1, 0.15) is 30.4 Å². The van der Waals surface area contributed by atoms with Gasteiger partial charge in [-0.3, -0.25) is 4.79 Å². The lowest BCUT2D eigenvalue weighted by Gasteiger charge is -2.42. The molecular formula is C21H30F2N7O2+. The van der Waals surface area contributed by atoms with Crippen LogP contribution < -0.4 is 22.2 Å². The van der Waals surface area contributed by atoms with Gasteiger partial charge in [-0.05, 0) is 49.6 Å². The number of guanidine groups is 1. The molecule has 0 spiro atoms. The molecule has 1 heterocycles. The standard InChI is InChI=1S/C21H29F2N7O2/c1-27-17-15(4-3-8-21(17,22)23)30(2)20(26)29-19(16(24)18(25)31)28-14-6-5-13-11-32-9-7-12(13)10-14/h5-6,10,15,17,24,27H,3-4,7-9,11H2,1-2H3,(H2,25,31)(H2,26,28,29)/p+1/t15-,17-/m1/s1. The van der Waals surface area contributed by atoms with Gasteiger partial charge in [0, 0.05) is 13.5 Å². The monoisotopic (exact) mass is 450 g/mol. The maximum absolute atomic E-state index is 14.4. The molecule has 3 rings (SSSR count). The Bertz CT molecular complexity index is 948. The fourth-order valence-electron chi connectivity index (χ4n) is 4.13. The van der Waals surface area contributed by atoms with Gasteiger partial charge in [0.1, 0.15) is 0 Å². The number of halogens is 2. The molecule has 1 saturated carbocycles. The third-order valence-electron chi connectivity index (χ3n) is 5.94. The number of amides is 1. The molecule has 2 atom stereocenters. The van der Waals surface area contributed by atoms with Crippen molar-refractivity contribution in [3.05, 3.63) is 29.3 Å². The highest BCUT2D eigenvalue weighted by molar-refractivity contribution is 6.64. The summed E-state index contributed by atoms with van der Waals surface area (Å²) >= 11 is 0. The lowest BCUT2D eigenvalue weighted by Crippen LogP contribution is -2.61. The van der Waals surface area contributed by atoms with Crippen LogP contribution >= 0.6 is 0 Å². The van der Waals surface area contributed by atoms with Crippen LogP contribution in [0.15, 0.2) is 28.2 Å². The van der Waals surface area contributed by atoms with E-state index in [-0.39, 0.29) is 23.9 Å². The van der Waals surface area contributed by atoms with Crippen LogP contribution in [0.4, 0.5) is 14.5 Å². The Morgan fingerprint density at radius 1 is 1.34 bits per heavy atom. The van der Waals surface area contributed by atoms with Crippen molar-refractivity contribution in [2.75, 3.05) is 20.7 Å². The zero-order valence-electron chi connectivity index (χ0n) is 18.3. The van der Waals surface area contributed by atoms with Crippen LogP contribution in [0.5, 0.6) is 0 Å². The summed E-state index contributed by atoms with van der Waals surface area (Å²) in [5.74, 6) is -4.06. The third-order valence-corrected chi connectivity index (χ3v) is 5.94. The third kappa shape index (κ3) is 5.10. The summed E-state index contributed by atoms with van der Waals surface area (Å²) in [7, 11) is 3.07. The van der Waals surface area contributed by atoms with Crippen LogP contribution in [0.25, 0.3) is 0 Å². The van der Waals surface area contributed by atoms with E-state index in [2.05, 4.69) is 15.3 Å². The summed E-state index contributed by atoms with van der Waals surface area (Å²) in [5, 5.41) is 8.54. The lowest BCUT2D eigenvalue weighted by molar-refractivity contribution is -0.132. The van der Waals surface area contributed by atoms with E-state index >= 15 is 0 Å². The molecule has 0 saturated heterocycles. The highest BCUT2D eigenvalue weighted by atomic mass is 19.3. The topological polar surface area (TPSA) is 144 Å². The minimum atomic E-state index is -2.88. The zero-order chi connectivity index (χ0) is 23.5. The van der Waals surface area contributed by atoms with Crippen molar-refractivity contribution in [2.24, 2.45) is 21.5 Å². The van der Waals surface area contributed by atoms with E-state index in [1.54, 1.807) is 13.1 Å². The molecule has 1 aliphatic heterocycles. The first kappa shape index (κ1) is 23.7. The molecule has 9 nitrogen and oxygen atoms in total. The summed E-state index contributed by atoms with van der Waals surface area (Å²) in [6.45, 7) is 1.13. The average Bonchev–Trinajstić information content (AvgIpc) is 2.76. The number of fused-ring (bicyclic) bond motifs is 1. The number of nitrogens with zero attached hydrogens (tertiary/aromatic N) is 3. The van der Waals surface area contributed by atoms with Crippen LogP contribution in [0.2, 0.25) is 0 Å². The number of hydrogen-bond acceptors (Lipinski definition) is 4. The lowest BCUT2D eigenvalue weighted by atomic mass is 9.86. The predicted octanol–water partition coefficient (Wildman–Crippen LogP) is -0.503. The fourth-order valence-corrected chi connectivity index (χ4v) is 4.13. The van der Waals surface area contributed by atoms with Crippen molar-refractivity contribution >= 4 is 29.1 Å². The second-order valence-electron chi connectivity index (χ2n) is 8.04. The van der Waals surface area contributed by atoms with E-state index in [4.69, 9.17) is 21.6 Å². The number of hydrogen-bond donors (Lipinski definition) is 4. The van der Waals surface area contributed by atoms with Crippen molar-refractivity contribution in [1.29, 1.82) is 0 Å². The summed E-state index contributed by atoms with van der Waals surface area (Å²) in [6.07, 6.45) is 1.39. The Balaban J connectivity index is 1.93. The maximum atomic E-state index is 14.4. The quantitative estimate of drug-likeness (QED) is 0.353. The number of rotatable bonds is 5. The highest BCUT2D eigenvalue weighted by Gasteiger charge is 2.47. The van der Waals surface area contributed by atoms with E-state index in [0.717, 1.165) is 17.5 Å². The molecule has 1 aromatic rings. The van der Waals surface area contributed by atoms with Crippen LogP contribution in [0, 0.1) is 0 Å². The molecule has 1 amide bonds. The summed E-state index contributed by atoms with van der Waals surface area (Å²) in [5.41, 5.74) is 13.8. The molecule has 1 aliphatic carbocycles. The van der Waals surface area contributed by atoms with Crippen molar-refractivity contribution in [1.82, 2.24) is 10.2 Å². The van der Waals surface area contributed by atoms with Gasteiger partial charge < -0.3 is 26.4 Å². The Kier molecular flexibility index (Phi) is 7.19. The number of likely N-dealkylation sites (N-methyl/N-ethyl adjacent to an activating group) is 2. The van der Waals surface area contributed by atoms with Gasteiger partial charge in [0.25, 0.3) is 5.92 Å². The number of carbonyl (C=O) groups excluding carboxylic acids is 1. The zero-order valence-corrected chi connectivity index (χ0v) is 18.3. The first-order valence-corrected chi connectivity index (χ1v) is 10.5. The smallest absolute Gasteiger partial charge is 0.317 e. The predicted molar refractivity (Wildman–Crippen MR) is 118 cm³/mol. The van der Waals surface area contributed by atoms with Crippen molar-refractivity contribution in [3.63, 3.8) is 0 Å². The Morgan fingerprint density at radius 2 is 2.09 bits per heavy atom. The van der Waals surface area contributed by atoms with Gasteiger partial charge in [-0.15, -0.1) is 0 Å². The van der Waals surface area contributed by atoms with E-state index in [1.165, 1.54) is 11.9 Å². The molecule has 1 aromatic carbocycles. The van der Waals surface area contributed by atoms with E-state index in [9.17, 15) is 13.6 Å². The van der Waals surface area contributed by atoms with E-state index in [1.807, 2.05) is 12.1 Å². The largest absolute Gasteiger partial charge is 0.376 e. The van der Waals surface area contributed by atoms with E-state index < -0.39 is 23.9 Å². The number of benzene rings is 1. The van der Waals surface area contributed by atoms with Crippen molar-refractivity contribution < 1.29 is 23.7 Å². The molecule has 1 fully saturated rings. The van der Waals surface area contributed by atoms with Gasteiger partial charge in [-0.1, -0.05) is 6.07 Å². The van der Waals surface area contributed by atoms with Crippen LogP contribution in [-0.4, -0.2) is 67.0 Å². The molecule has 7 N–H and O–H groups in total. The minimum absolute atomic E-state index is 0.0951.